The van der Waals surface area contributed by atoms with Crippen molar-refractivity contribution < 1.29 is 13.7 Å². The van der Waals surface area contributed by atoms with Crippen LogP contribution in [0.4, 0.5) is 68.2 Å². The molecule has 7 nitrogen and oxygen atoms in total. The molecule has 0 fully saturated rings. The second-order valence-electron chi connectivity index (χ2n) is 20.7. The Balaban J connectivity index is 1.17. The van der Waals surface area contributed by atoms with E-state index >= 15 is 13.7 Å². The van der Waals surface area contributed by atoms with Gasteiger partial charge in [-0.15, -0.1) is 0 Å². The van der Waals surface area contributed by atoms with Crippen LogP contribution in [0.25, 0.3) is 0 Å². The van der Waals surface area contributed by atoms with Crippen LogP contribution in [0.1, 0.15) is 0 Å². The lowest BCUT2D eigenvalue weighted by Crippen LogP contribution is -2.53. The Morgan fingerprint density at radius 3 is 0.537 bits per heavy atom. The normalized spacial score (nSPS) is 17.8. The maximum absolute atomic E-state index is 18.4. The summed E-state index contributed by atoms with van der Waals surface area (Å²) in [4.78, 5) is 8.74. The molecule has 3 aliphatic heterocycles. The number of anilines is 12. The van der Waals surface area contributed by atoms with Crippen LogP contribution >= 0.6 is 21.4 Å². The highest BCUT2D eigenvalue weighted by atomic mass is 31.2. The minimum Gasteiger partial charge on any atom is -0.310 e. The van der Waals surface area contributed by atoms with Crippen molar-refractivity contribution in [2.75, 3.05) is 19.6 Å². The zero-order valence-electron chi connectivity index (χ0n) is 44.3. The van der Waals surface area contributed by atoms with E-state index in [-0.39, 0.29) is 0 Å². The van der Waals surface area contributed by atoms with Crippen LogP contribution in [0, 0.1) is 0 Å². The lowest BCUT2D eigenvalue weighted by molar-refractivity contribution is 0.592. The fraction of sp³-hybridized carbons (Fsp3) is 0. The van der Waals surface area contributed by atoms with Gasteiger partial charge in [0.2, 0.25) is 0 Å². The van der Waals surface area contributed by atoms with Gasteiger partial charge in [0.1, 0.15) is 0 Å². The molecular weight excluding hydrogens is 1060 g/mol. The average molecular weight is 1110 g/mol. The zero-order chi connectivity index (χ0) is 55.0. The van der Waals surface area contributed by atoms with Gasteiger partial charge in [-0.2, -0.15) is 0 Å². The first kappa shape index (κ1) is 49.6. The molecule has 82 heavy (non-hydrogen) atoms. The summed E-state index contributed by atoms with van der Waals surface area (Å²) >= 11 is 0. The van der Waals surface area contributed by atoms with Gasteiger partial charge < -0.3 is 33.3 Å². The molecule has 15 rings (SSSR count). The summed E-state index contributed by atoms with van der Waals surface area (Å²) in [6, 6.07) is 103. The minimum absolute atomic E-state index is 0.535. The van der Waals surface area contributed by atoms with E-state index in [2.05, 4.69) is 129 Å². The Labute approximate surface area is 477 Å². The monoisotopic (exact) mass is 1110 g/mol. The molecule has 0 N–H and O–H groups in total. The lowest BCUT2D eigenvalue weighted by Gasteiger charge is -2.50. The molecule has 12 aromatic carbocycles. The van der Waals surface area contributed by atoms with Gasteiger partial charge in [-0.3, -0.25) is 0 Å². The Hall–Kier alpha value is -9.47. The summed E-state index contributed by atoms with van der Waals surface area (Å²) < 4.78 is 55.2. The molecule has 0 saturated carbocycles. The summed E-state index contributed by atoms with van der Waals surface area (Å²) in [6.45, 7) is 0. The fourth-order valence-electron chi connectivity index (χ4n) is 12.6. The maximum Gasteiger partial charge on any atom is 0.175 e. The van der Waals surface area contributed by atoms with Gasteiger partial charge in [-0.1, -0.05) is 200 Å². The minimum atomic E-state index is -4.15. The Bertz CT molecular complexity index is 3870. The van der Waals surface area contributed by atoms with Crippen molar-refractivity contribution in [1.82, 2.24) is 0 Å². The van der Waals surface area contributed by atoms with E-state index in [9.17, 15) is 0 Å². The maximum atomic E-state index is 18.4. The summed E-state index contributed by atoms with van der Waals surface area (Å²) in [5.74, 6) is 0. The molecule has 0 aromatic heterocycles. The van der Waals surface area contributed by atoms with Crippen molar-refractivity contribution in [3.8, 4) is 0 Å². The molecule has 0 aliphatic carbocycles. The third kappa shape index (κ3) is 7.55. The number of benzene rings is 12. The van der Waals surface area contributed by atoms with Crippen molar-refractivity contribution in [2.24, 2.45) is 0 Å². The summed E-state index contributed by atoms with van der Waals surface area (Å²) in [5, 5.41) is 5.01. The van der Waals surface area contributed by atoms with E-state index in [0.717, 1.165) is 34.1 Å². The van der Waals surface area contributed by atoms with Crippen LogP contribution in [-0.4, -0.2) is 0 Å². The number of para-hydroxylation sites is 6. The highest BCUT2D eigenvalue weighted by Gasteiger charge is 2.57. The van der Waals surface area contributed by atoms with Crippen LogP contribution in [0.5, 0.6) is 0 Å². The van der Waals surface area contributed by atoms with Crippen molar-refractivity contribution in [3.63, 3.8) is 0 Å². The molecule has 0 saturated heterocycles. The van der Waals surface area contributed by atoms with Crippen LogP contribution < -0.4 is 67.3 Å². The van der Waals surface area contributed by atoms with Crippen molar-refractivity contribution >= 4 is 137 Å². The van der Waals surface area contributed by atoms with E-state index in [1.807, 2.05) is 200 Å². The third-order valence-corrected chi connectivity index (χ3v) is 25.3. The predicted molar refractivity (Wildman–Crippen MR) is 344 cm³/mol. The molecule has 0 spiro atoms. The van der Waals surface area contributed by atoms with Crippen LogP contribution in [0.15, 0.2) is 309 Å². The van der Waals surface area contributed by atoms with E-state index in [1.54, 1.807) is 0 Å². The molecule has 0 atom stereocenters. The lowest BCUT2D eigenvalue weighted by atomic mass is 10.1. The van der Waals surface area contributed by atoms with Gasteiger partial charge in [-0.05, 0) is 109 Å². The fourth-order valence-corrected chi connectivity index (χ4v) is 22.0. The molecule has 12 aromatic rings. The Kier molecular flexibility index (Phi) is 11.9. The largest absolute Gasteiger partial charge is 0.310 e. The number of hydrogen-bond donors (Lipinski definition) is 0. The Morgan fingerprint density at radius 2 is 0.366 bits per heavy atom. The second kappa shape index (κ2) is 19.7. The van der Waals surface area contributed by atoms with Gasteiger partial charge >= 0.3 is 0 Å². The summed E-state index contributed by atoms with van der Waals surface area (Å²) in [7, 11) is -12.4. The number of nitrogens with zero attached hydrogens (tertiary/aromatic N) is 4. The molecule has 392 valence electrons. The Morgan fingerprint density at radius 1 is 0.207 bits per heavy atom. The molecule has 0 radical (unpaired) electrons. The summed E-state index contributed by atoms with van der Waals surface area (Å²) in [6.07, 6.45) is 0. The van der Waals surface area contributed by atoms with E-state index in [1.165, 1.54) is 0 Å². The molecular formula is C72H51N4O3P3. The van der Waals surface area contributed by atoms with Crippen molar-refractivity contribution in [3.05, 3.63) is 309 Å². The first-order valence-electron chi connectivity index (χ1n) is 27.4. The van der Waals surface area contributed by atoms with Crippen molar-refractivity contribution in [2.45, 2.75) is 0 Å². The van der Waals surface area contributed by atoms with Crippen LogP contribution in [0.3, 0.4) is 0 Å². The van der Waals surface area contributed by atoms with Gasteiger partial charge in [0, 0.05) is 98.9 Å². The van der Waals surface area contributed by atoms with Gasteiger partial charge in [-0.25, -0.2) is 0 Å². The number of hydrogen-bond acceptors (Lipinski definition) is 7. The highest BCUT2D eigenvalue weighted by molar-refractivity contribution is 7.90. The van der Waals surface area contributed by atoms with E-state index < -0.39 is 21.4 Å². The third-order valence-electron chi connectivity index (χ3n) is 16.1. The molecule has 3 heterocycles. The van der Waals surface area contributed by atoms with Gasteiger partial charge in [0.25, 0.3) is 0 Å². The van der Waals surface area contributed by atoms with Crippen LogP contribution in [-0.2, 0) is 13.7 Å². The molecule has 3 aliphatic rings. The van der Waals surface area contributed by atoms with Gasteiger partial charge in [0.15, 0.2) is 21.4 Å². The first-order chi connectivity index (χ1) is 40.3. The predicted octanol–water partition coefficient (Wildman–Crippen LogP) is 15.4. The molecule has 10 heteroatoms. The quantitative estimate of drug-likeness (QED) is 0.113. The van der Waals surface area contributed by atoms with E-state index in [0.29, 0.717) is 81.9 Å². The van der Waals surface area contributed by atoms with Crippen molar-refractivity contribution in [1.29, 1.82) is 0 Å². The molecule has 0 bridgehead atoms. The van der Waals surface area contributed by atoms with E-state index in [4.69, 9.17) is 0 Å². The first-order valence-corrected chi connectivity index (χ1v) is 32.5. The van der Waals surface area contributed by atoms with Gasteiger partial charge in [0.05, 0.1) is 17.1 Å². The standard InChI is InChI=1S/C72H51N4O3P3/c77-80(61-40-22-7-23-41-61)64-46-58(73(52-28-10-1-11-29-52)53-30-12-2-13-31-53)47-65-70(64)76-71-66(80)48-59(74(54-32-14-3-15-33-54)55-34-16-4-17-35-55)50-68(71)82(79,63-44-26-9-27-45-63)69-51-60(49-67(72(69)76)81(65,78)62-42-24-8-25-43-62)75(56-36-18-5-19-37-56)57-38-20-6-21-39-57/h1-51H. The highest BCUT2D eigenvalue weighted by Crippen LogP contribution is 2.67. The SMILES string of the molecule is O=P1(c2ccccc2)c2cc(N(c3ccccc3)c3ccccc3)cc3c2N2c4c1cc(N(c1ccccc1)c1ccccc1)cc4P(=O)(c1ccccc1)c1cc(N(c4ccccc4)c4ccccc4)cc(c12)P3(=O)c1ccccc1. The number of rotatable bonds is 12. The molecule has 0 unspecified atom stereocenters. The second-order valence-corrected chi connectivity index (χ2v) is 28.8. The summed E-state index contributed by atoms with van der Waals surface area (Å²) in [5.41, 5.74) is 9.04. The zero-order valence-corrected chi connectivity index (χ0v) is 47.0. The smallest absolute Gasteiger partial charge is 0.175 e. The topological polar surface area (TPSA) is 64.2 Å². The average Bonchev–Trinajstić information content (AvgIpc) is 1.12. The molecule has 0 amide bonds. The van der Waals surface area contributed by atoms with Crippen LogP contribution in [0.2, 0.25) is 0 Å².